The monoisotopic (exact) mass is 242 g/mol. The lowest BCUT2D eigenvalue weighted by Gasteiger charge is -2.36. The third-order valence-electron chi connectivity index (χ3n) is 3.99. The number of nitrogens with one attached hydrogen (secondary N) is 1. The topological polar surface area (TPSA) is 48.9 Å². The van der Waals surface area contributed by atoms with Gasteiger partial charge in [0.05, 0.1) is 18.5 Å². The molecule has 3 heteroatoms. The summed E-state index contributed by atoms with van der Waals surface area (Å²) in [5.41, 5.74) is 5.40. The molecule has 18 heavy (non-hydrogen) atoms. The van der Waals surface area contributed by atoms with Crippen LogP contribution in [0.25, 0.3) is 6.08 Å². The second-order valence-corrected chi connectivity index (χ2v) is 5.38. The van der Waals surface area contributed by atoms with Crippen LogP contribution in [0.3, 0.4) is 0 Å². The summed E-state index contributed by atoms with van der Waals surface area (Å²) in [5, 5.41) is 16.0. The minimum absolute atomic E-state index is 0.114. The molecule has 0 unspecified atom stereocenters. The summed E-state index contributed by atoms with van der Waals surface area (Å²) >= 11 is 0. The molecule has 2 aliphatic carbocycles. The van der Waals surface area contributed by atoms with Gasteiger partial charge in [-0.25, -0.2) is 0 Å². The largest absolute Gasteiger partial charge is 0.392 e. The Morgan fingerprint density at radius 1 is 1.50 bits per heavy atom. The zero-order chi connectivity index (χ0) is 12.6. The second-order valence-electron chi connectivity index (χ2n) is 5.38. The van der Waals surface area contributed by atoms with Crippen LogP contribution < -0.4 is 0 Å². The highest BCUT2D eigenvalue weighted by Gasteiger charge is 2.34. The fourth-order valence-electron chi connectivity index (χ4n) is 3.03. The third-order valence-corrected chi connectivity index (χ3v) is 3.99. The number of aromatic nitrogens is 2. The van der Waals surface area contributed by atoms with E-state index < -0.39 is 0 Å². The number of fused-ring (bicyclic) bond motifs is 2. The maximum Gasteiger partial charge on any atom is 0.0615 e. The van der Waals surface area contributed by atoms with Gasteiger partial charge in [0.25, 0.3) is 0 Å². The number of allylic oxidation sites excluding steroid dienone is 4. The van der Waals surface area contributed by atoms with Gasteiger partial charge in [0.15, 0.2) is 0 Å². The van der Waals surface area contributed by atoms with Crippen LogP contribution in [0, 0.1) is 5.41 Å². The van der Waals surface area contributed by atoms with Crippen molar-refractivity contribution in [1.29, 1.82) is 0 Å². The van der Waals surface area contributed by atoms with Gasteiger partial charge in [-0.1, -0.05) is 36.3 Å². The predicted molar refractivity (Wildman–Crippen MR) is 71.9 cm³/mol. The smallest absolute Gasteiger partial charge is 0.0615 e. The van der Waals surface area contributed by atoms with Crippen molar-refractivity contribution < 1.29 is 5.11 Å². The van der Waals surface area contributed by atoms with Crippen molar-refractivity contribution in [3.8, 4) is 0 Å². The Morgan fingerprint density at radius 3 is 3.22 bits per heavy atom. The van der Waals surface area contributed by atoms with Crippen LogP contribution in [0.4, 0.5) is 0 Å². The average Bonchev–Trinajstić information content (AvgIpc) is 2.78. The molecule has 0 radical (unpaired) electrons. The van der Waals surface area contributed by atoms with E-state index in [-0.39, 0.29) is 12.0 Å². The van der Waals surface area contributed by atoms with Crippen LogP contribution in [0.1, 0.15) is 31.0 Å². The SMILES string of the molecule is C[C@@]12C=C(/C=C/CO)CCC1=Cc1[nH]ncc1C2. The van der Waals surface area contributed by atoms with E-state index in [4.69, 9.17) is 5.11 Å². The van der Waals surface area contributed by atoms with E-state index >= 15 is 0 Å². The Morgan fingerprint density at radius 2 is 2.39 bits per heavy atom. The summed E-state index contributed by atoms with van der Waals surface area (Å²) in [7, 11) is 0. The van der Waals surface area contributed by atoms with Gasteiger partial charge >= 0.3 is 0 Å². The van der Waals surface area contributed by atoms with Gasteiger partial charge in [-0.15, -0.1) is 0 Å². The van der Waals surface area contributed by atoms with Gasteiger partial charge in [0.2, 0.25) is 0 Å². The van der Waals surface area contributed by atoms with Gasteiger partial charge in [-0.2, -0.15) is 5.10 Å². The number of hydrogen-bond acceptors (Lipinski definition) is 2. The van der Waals surface area contributed by atoms with Crippen molar-refractivity contribution >= 4 is 6.08 Å². The average molecular weight is 242 g/mol. The van der Waals surface area contributed by atoms with E-state index in [2.05, 4.69) is 29.3 Å². The molecule has 1 heterocycles. The fraction of sp³-hybridized carbons (Fsp3) is 0.400. The van der Waals surface area contributed by atoms with Crippen LogP contribution >= 0.6 is 0 Å². The number of hydrogen-bond donors (Lipinski definition) is 2. The molecule has 94 valence electrons. The molecule has 0 fully saturated rings. The molecule has 0 bridgehead atoms. The van der Waals surface area contributed by atoms with Crippen LogP contribution in [0.15, 0.2) is 35.6 Å². The molecule has 0 saturated carbocycles. The van der Waals surface area contributed by atoms with Gasteiger partial charge in [0.1, 0.15) is 0 Å². The van der Waals surface area contributed by atoms with Crippen LogP contribution in [-0.2, 0) is 6.42 Å². The standard InChI is InChI=1S/C15H18N2O/c1-15-8-11(3-2-6-18)4-5-13(15)7-14-12(9-15)10-16-17-14/h2-3,7-8,10,18H,4-6,9H2,1H3,(H,16,17)/b3-2+/t15-/m0/s1. The van der Waals surface area contributed by atoms with E-state index in [1.54, 1.807) is 0 Å². The Labute approximate surface area is 107 Å². The quantitative estimate of drug-likeness (QED) is 0.837. The lowest BCUT2D eigenvalue weighted by molar-refractivity contribution is 0.342. The molecule has 0 saturated heterocycles. The van der Waals surface area contributed by atoms with E-state index in [0.29, 0.717) is 0 Å². The number of aromatic amines is 1. The predicted octanol–water partition coefficient (Wildman–Crippen LogP) is 2.62. The number of nitrogens with zero attached hydrogens (tertiary/aromatic N) is 1. The zero-order valence-electron chi connectivity index (χ0n) is 10.6. The minimum atomic E-state index is 0.114. The molecule has 1 atom stereocenters. The van der Waals surface area contributed by atoms with Crippen molar-refractivity contribution in [3.63, 3.8) is 0 Å². The molecule has 0 aromatic carbocycles. The van der Waals surface area contributed by atoms with Crippen molar-refractivity contribution in [2.45, 2.75) is 26.2 Å². The Balaban J connectivity index is 1.97. The fourth-order valence-corrected chi connectivity index (χ4v) is 3.03. The first kappa shape index (κ1) is 11.5. The molecule has 0 spiro atoms. The van der Waals surface area contributed by atoms with Crippen LogP contribution in [-0.4, -0.2) is 21.9 Å². The summed E-state index contributed by atoms with van der Waals surface area (Å²) in [6, 6.07) is 0. The molecular formula is C15H18N2O. The van der Waals surface area contributed by atoms with Crippen molar-refractivity contribution in [3.05, 3.63) is 46.8 Å². The first-order valence-electron chi connectivity index (χ1n) is 6.44. The van der Waals surface area contributed by atoms with Crippen molar-refractivity contribution in [2.24, 2.45) is 5.41 Å². The molecule has 2 aliphatic rings. The number of aliphatic hydroxyl groups is 1. The van der Waals surface area contributed by atoms with Crippen molar-refractivity contribution in [1.82, 2.24) is 10.2 Å². The van der Waals surface area contributed by atoms with E-state index in [9.17, 15) is 0 Å². The molecule has 1 aromatic heterocycles. The normalized spacial score (nSPS) is 26.6. The lowest BCUT2D eigenvalue weighted by atomic mass is 9.67. The zero-order valence-corrected chi connectivity index (χ0v) is 10.6. The van der Waals surface area contributed by atoms with E-state index in [1.807, 2.05) is 18.3 Å². The second kappa shape index (κ2) is 4.25. The van der Waals surface area contributed by atoms with E-state index in [1.165, 1.54) is 22.4 Å². The van der Waals surface area contributed by atoms with Crippen LogP contribution in [0.2, 0.25) is 0 Å². The Kier molecular flexibility index (Phi) is 2.71. The molecule has 3 nitrogen and oxygen atoms in total. The Bertz CT molecular complexity index is 551. The number of H-pyrrole nitrogens is 1. The number of aliphatic hydroxyl groups excluding tert-OH is 1. The summed E-state index contributed by atoms with van der Waals surface area (Å²) in [5.74, 6) is 0. The minimum Gasteiger partial charge on any atom is -0.392 e. The maximum absolute atomic E-state index is 8.86. The van der Waals surface area contributed by atoms with Gasteiger partial charge in [0, 0.05) is 5.41 Å². The molecule has 0 aliphatic heterocycles. The summed E-state index contributed by atoms with van der Waals surface area (Å²) in [4.78, 5) is 0. The Hall–Kier alpha value is -1.61. The van der Waals surface area contributed by atoms with E-state index in [0.717, 1.165) is 19.3 Å². The molecule has 3 rings (SSSR count). The third kappa shape index (κ3) is 1.85. The summed E-state index contributed by atoms with van der Waals surface area (Å²) in [6.45, 7) is 2.41. The van der Waals surface area contributed by atoms with Gasteiger partial charge < -0.3 is 5.11 Å². The molecular weight excluding hydrogens is 224 g/mol. The molecule has 1 aromatic rings. The lowest BCUT2D eigenvalue weighted by Crippen LogP contribution is -2.26. The highest BCUT2D eigenvalue weighted by molar-refractivity contribution is 5.60. The van der Waals surface area contributed by atoms with Crippen molar-refractivity contribution in [2.75, 3.05) is 6.61 Å². The highest BCUT2D eigenvalue weighted by atomic mass is 16.2. The number of rotatable bonds is 2. The summed E-state index contributed by atoms with van der Waals surface area (Å²) < 4.78 is 0. The highest BCUT2D eigenvalue weighted by Crippen LogP contribution is 2.45. The first-order chi connectivity index (χ1) is 8.71. The van der Waals surface area contributed by atoms with Gasteiger partial charge in [-0.3, -0.25) is 5.10 Å². The maximum atomic E-state index is 8.86. The summed E-state index contributed by atoms with van der Waals surface area (Å²) in [6.07, 6.45) is 13.6. The van der Waals surface area contributed by atoms with Crippen LogP contribution in [0.5, 0.6) is 0 Å². The molecule has 0 amide bonds. The van der Waals surface area contributed by atoms with Gasteiger partial charge in [-0.05, 0) is 30.9 Å². The first-order valence-corrected chi connectivity index (χ1v) is 6.44. The molecule has 2 N–H and O–H groups in total.